The lowest BCUT2D eigenvalue weighted by Gasteiger charge is -2.16. The molecule has 1 aromatic rings. The van der Waals surface area contributed by atoms with Gasteiger partial charge < -0.3 is 10.8 Å². The second-order valence-corrected chi connectivity index (χ2v) is 4.39. The fraction of sp³-hybridized carbons (Fsp3) is 0.500. The molecule has 0 saturated carbocycles. The normalized spacial score (nSPS) is 14.4. The fourth-order valence-electron chi connectivity index (χ4n) is 1.71. The van der Waals surface area contributed by atoms with Gasteiger partial charge in [-0.25, -0.2) is 0 Å². The number of rotatable bonds is 4. The van der Waals surface area contributed by atoms with E-state index in [0.29, 0.717) is 12.1 Å². The highest BCUT2D eigenvalue weighted by molar-refractivity contribution is 5.34. The maximum Gasteiger partial charge on any atom is 0.416 e. The van der Waals surface area contributed by atoms with Gasteiger partial charge in [0.1, 0.15) is 0 Å². The van der Waals surface area contributed by atoms with Crippen molar-refractivity contribution in [2.75, 3.05) is 6.61 Å². The number of hydrogen-bond acceptors (Lipinski definition) is 2. The van der Waals surface area contributed by atoms with E-state index in [1.165, 1.54) is 0 Å². The van der Waals surface area contributed by atoms with Crippen LogP contribution in [0.4, 0.5) is 26.3 Å². The summed E-state index contributed by atoms with van der Waals surface area (Å²) in [6.07, 6.45) is -9.81. The van der Waals surface area contributed by atoms with Gasteiger partial charge in [-0.15, -0.1) is 0 Å². The number of aliphatic hydroxyl groups excluding tert-OH is 1. The molecule has 0 saturated heterocycles. The molecular formula is C12H13F6NO. The molecule has 0 radical (unpaired) electrons. The average Bonchev–Trinajstić information content (AvgIpc) is 2.26. The first-order valence-corrected chi connectivity index (χ1v) is 5.69. The number of aliphatic hydroxyl groups is 1. The van der Waals surface area contributed by atoms with Gasteiger partial charge in [-0.05, 0) is 36.6 Å². The molecule has 1 aromatic carbocycles. The van der Waals surface area contributed by atoms with Crippen molar-refractivity contribution in [1.29, 1.82) is 0 Å². The number of hydrogen-bond donors (Lipinski definition) is 2. The summed E-state index contributed by atoms with van der Waals surface area (Å²) in [6.45, 7) is -0.285. The van der Waals surface area contributed by atoms with Gasteiger partial charge in [0.15, 0.2) is 0 Å². The predicted molar refractivity (Wildman–Crippen MR) is 59.8 cm³/mol. The molecule has 0 aliphatic heterocycles. The van der Waals surface area contributed by atoms with E-state index in [1.54, 1.807) is 0 Å². The Hall–Kier alpha value is -1.28. The van der Waals surface area contributed by atoms with Gasteiger partial charge in [-0.3, -0.25) is 0 Å². The van der Waals surface area contributed by atoms with Crippen LogP contribution in [-0.2, 0) is 18.8 Å². The van der Waals surface area contributed by atoms with Crippen LogP contribution < -0.4 is 5.73 Å². The van der Waals surface area contributed by atoms with Crippen LogP contribution in [0.2, 0.25) is 0 Å². The van der Waals surface area contributed by atoms with Gasteiger partial charge in [0, 0.05) is 12.6 Å². The molecule has 1 atom stereocenters. The lowest BCUT2D eigenvalue weighted by Crippen LogP contribution is -2.24. The zero-order valence-electron chi connectivity index (χ0n) is 10.2. The summed E-state index contributed by atoms with van der Waals surface area (Å²) in [5, 5.41) is 8.64. The maximum atomic E-state index is 12.6. The minimum atomic E-state index is -4.86. The number of nitrogens with two attached hydrogens (primary N) is 1. The molecule has 1 unspecified atom stereocenters. The van der Waals surface area contributed by atoms with Crippen molar-refractivity contribution in [3.05, 3.63) is 34.9 Å². The van der Waals surface area contributed by atoms with E-state index in [0.717, 1.165) is 0 Å². The van der Waals surface area contributed by atoms with Crippen molar-refractivity contribution in [3.8, 4) is 0 Å². The molecule has 20 heavy (non-hydrogen) atoms. The first-order valence-electron chi connectivity index (χ1n) is 5.69. The Labute approximate surface area is 111 Å². The third-order valence-corrected chi connectivity index (χ3v) is 2.65. The van der Waals surface area contributed by atoms with E-state index in [1.807, 2.05) is 0 Å². The Morgan fingerprint density at radius 3 is 1.75 bits per heavy atom. The van der Waals surface area contributed by atoms with E-state index in [9.17, 15) is 26.3 Å². The van der Waals surface area contributed by atoms with Crippen molar-refractivity contribution in [2.45, 2.75) is 31.2 Å². The van der Waals surface area contributed by atoms with Gasteiger partial charge in [-0.1, -0.05) is 0 Å². The molecular weight excluding hydrogens is 288 g/mol. The largest absolute Gasteiger partial charge is 0.416 e. The van der Waals surface area contributed by atoms with Crippen molar-refractivity contribution < 1.29 is 31.4 Å². The van der Waals surface area contributed by atoms with Crippen molar-refractivity contribution in [2.24, 2.45) is 5.73 Å². The third-order valence-electron chi connectivity index (χ3n) is 2.65. The summed E-state index contributed by atoms with van der Waals surface area (Å²) in [4.78, 5) is 0. The summed E-state index contributed by atoms with van der Waals surface area (Å²) < 4.78 is 75.5. The van der Waals surface area contributed by atoms with Crippen molar-refractivity contribution >= 4 is 0 Å². The van der Waals surface area contributed by atoms with E-state index >= 15 is 0 Å². The maximum absolute atomic E-state index is 12.6. The smallest absolute Gasteiger partial charge is 0.396 e. The van der Waals surface area contributed by atoms with Crippen LogP contribution in [0.5, 0.6) is 0 Å². The quantitative estimate of drug-likeness (QED) is 0.840. The standard InChI is InChI=1S/C12H13F6NO/c13-11(14,15)8-3-7(5-10(19)1-2-20)4-9(6-8)12(16,17)18/h3-4,6,10,20H,1-2,5,19H2. The summed E-state index contributed by atoms with van der Waals surface area (Å²) in [7, 11) is 0. The Morgan fingerprint density at radius 2 is 1.40 bits per heavy atom. The highest BCUT2D eigenvalue weighted by Crippen LogP contribution is 2.36. The second kappa shape index (κ2) is 6.01. The summed E-state index contributed by atoms with van der Waals surface area (Å²) in [5.41, 5.74) is 2.63. The van der Waals surface area contributed by atoms with Crippen LogP contribution >= 0.6 is 0 Å². The molecule has 0 amide bonds. The fourth-order valence-corrected chi connectivity index (χ4v) is 1.71. The molecule has 0 fully saturated rings. The van der Waals surface area contributed by atoms with Gasteiger partial charge in [-0.2, -0.15) is 26.3 Å². The lowest BCUT2D eigenvalue weighted by atomic mass is 9.99. The predicted octanol–water partition coefficient (Wildman–Crippen LogP) is 2.98. The Balaban J connectivity index is 3.17. The molecule has 0 aliphatic carbocycles. The lowest BCUT2D eigenvalue weighted by molar-refractivity contribution is -0.143. The van der Waals surface area contributed by atoms with Crippen LogP contribution in [0.15, 0.2) is 18.2 Å². The minimum Gasteiger partial charge on any atom is -0.396 e. The van der Waals surface area contributed by atoms with Gasteiger partial charge in [0.25, 0.3) is 0 Å². The summed E-state index contributed by atoms with van der Waals surface area (Å²) >= 11 is 0. The zero-order valence-corrected chi connectivity index (χ0v) is 10.2. The second-order valence-electron chi connectivity index (χ2n) is 4.39. The first kappa shape index (κ1) is 16.8. The van der Waals surface area contributed by atoms with Crippen LogP contribution in [0.1, 0.15) is 23.1 Å². The van der Waals surface area contributed by atoms with Crippen molar-refractivity contribution in [1.82, 2.24) is 0 Å². The molecule has 0 aromatic heterocycles. The molecule has 114 valence electrons. The molecule has 1 rings (SSSR count). The number of alkyl halides is 6. The average molecular weight is 301 g/mol. The van der Waals surface area contributed by atoms with Crippen LogP contribution in [-0.4, -0.2) is 17.8 Å². The van der Waals surface area contributed by atoms with Gasteiger partial charge >= 0.3 is 12.4 Å². The highest BCUT2D eigenvalue weighted by atomic mass is 19.4. The monoisotopic (exact) mass is 301 g/mol. The van der Waals surface area contributed by atoms with E-state index in [-0.39, 0.29) is 31.1 Å². The zero-order chi connectivity index (χ0) is 15.6. The molecule has 0 aliphatic rings. The van der Waals surface area contributed by atoms with Crippen molar-refractivity contribution in [3.63, 3.8) is 0 Å². The van der Waals surface area contributed by atoms with Gasteiger partial charge in [0.05, 0.1) is 11.1 Å². The SMILES string of the molecule is NC(CCO)Cc1cc(C(F)(F)F)cc(C(F)(F)F)c1. The summed E-state index contributed by atoms with van der Waals surface area (Å²) in [5.74, 6) is 0. The van der Waals surface area contributed by atoms with E-state index < -0.39 is 29.5 Å². The molecule has 8 heteroatoms. The first-order chi connectivity index (χ1) is 9.04. The number of halogens is 6. The van der Waals surface area contributed by atoms with Crippen LogP contribution in [0.25, 0.3) is 0 Å². The molecule has 2 nitrogen and oxygen atoms in total. The topological polar surface area (TPSA) is 46.2 Å². The Kier molecular flexibility index (Phi) is 5.04. The molecule has 3 N–H and O–H groups in total. The highest BCUT2D eigenvalue weighted by Gasteiger charge is 2.36. The Bertz CT molecular complexity index is 422. The van der Waals surface area contributed by atoms with Crippen LogP contribution in [0, 0.1) is 0 Å². The van der Waals surface area contributed by atoms with Crippen LogP contribution in [0.3, 0.4) is 0 Å². The molecule has 0 bridgehead atoms. The van der Waals surface area contributed by atoms with Gasteiger partial charge in [0.2, 0.25) is 0 Å². The van der Waals surface area contributed by atoms with E-state index in [4.69, 9.17) is 10.8 Å². The minimum absolute atomic E-state index is 0.0705. The summed E-state index contributed by atoms with van der Waals surface area (Å²) in [6, 6.07) is 0.657. The molecule has 0 heterocycles. The molecule has 0 spiro atoms. The number of benzene rings is 1. The third kappa shape index (κ3) is 4.68. The Morgan fingerprint density at radius 1 is 0.950 bits per heavy atom. The van der Waals surface area contributed by atoms with E-state index in [2.05, 4.69) is 0 Å².